The van der Waals surface area contributed by atoms with Crippen molar-refractivity contribution in [3.8, 4) is 0 Å². The van der Waals surface area contributed by atoms with E-state index in [1.807, 2.05) is 19.0 Å². The second-order valence-electron chi connectivity index (χ2n) is 7.46. The van der Waals surface area contributed by atoms with E-state index < -0.39 is 45.6 Å². The van der Waals surface area contributed by atoms with Crippen LogP contribution >= 0.6 is 0 Å². The van der Waals surface area contributed by atoms with Crippen molar-refractivity contribution in [3.05, 3.63) is 74.6 Å². The molecule has 4 rings (SSSR count). The average molecular weight is 467 g/mol. The van der Waals surface area contributed by atoms with Gasteiger partial charge in [-0.2, -0.15) is 0 Å². The Kier molecular flexibility index (Phi) is 5.58. The van der Waals surface area contributed by atoms with Gasteiger partial charge >= 0.3 is 5.69 Å². The number of benzene rings is 2. The summed E-state index contributed by atoms with van der Waals surface area (Å²) in [5, 5.41) is 35.8. The molecule has 1 aliphatic heterocycles. The van der Waals surface area contributed by atoms with Crippen LogP contribution in [0.3, 0.4) is 0 Å². The summed E-state index contributed by atoms with van der Waals surface area (Å²) in [5.41, 5.74) is -0.159. The van der Waals surface area contributed by atoms with Gasteiger partial charge in [-0.15, -0.1) is 5.10 Å². The number of anilines is 2. The van der Waals surface area contributed by atoms with Crippen LogP contribution in [0.5, 0.6) is 0 Å². The lowest BCUT2D eigenvalue weighted by atomic mass is 10.1. The van der Waals surface area contributed by atoms with Gasteiger partial charge < -0.3 is 4.90 Å². The van der Waals surface area contributed by atoms with E-state index in [9.17, 15) is 29.8 Å². The fourth-order valence-electron chi connectivity index (χ4n) is 3.59. The zero-order chi connectivity index (χ0) is 24.6. The van der Waals surface area contributed by atoms with Crippen LogP contribution in [0, 0.1) is 20.2 Å². The number of non-ortho nitro benzene ring substituents is 1. The number of carbonyl (C=O) groups excluding carboxylic acids is 2. The molecule has 2 aromatic carbocycles. The molecule has 2 amide bonds. The van der Waals surface area contributed by atoms with Crippen LogP contribution in [0.2, 0.25) is 0 Å². The third kappa shape index (κ3) is 3.85. The molecule has 174 valence electrons. The summed E-state index contributed by atoms with van der Waals surface area (Å²) >= 11 is 0. The van der Waals surface area contributed by atoms with E-state index in [1.165, 1.54) is 11.0 Å². The zero-order valence-corrected chi connectivity index (χ0v) is 17.9. The number of aromatic nitrogens is 4. The first-order chi connectivity index (χ1) is 16.2. The number of nitro benzene ring substituents is 2. The lowest BCUT2D eigenvalue weighted by molar-refractivity contribution is -0.393. The highest BCUT2D eigenvalue weighted by Crippen LogP contribution is 2.39. The summed E-state index contributed by atoms with van der Waals surface area (Å²) < 4.78 is 1.23. The molecule has 15 heteroatoms. The molecule has 34 heavy (non-hydrogen) atoms. The summed E-state index contributed by atoms with van der Waals surface area (Å²) in [5.74, 6) is -1.40. The van der Waals surface area contributed by atoms with Crippen molar-refractivity contribution in [2.45, 2.75) is 12.6 Å². The number of tetrazole rings is 1. The summed E-state index contributed by atoms with van der Waals surface area (Å²) in [7, 11) is 3.71. The van der Waals surface area contributed by atoms with E-state index >= 15 is 0 Å². The minimum absolute atomic E-state index is 0.297. The van der Waals surface area contributed by atoms with E-state index in [-0.39, 0.29) is 5.69 Å². The maximum atomic E-state index is 13.0. The standard InChI is InChI=1S/C19H17N9O6/c1-23(2)13-5-3-12(4-6-13)19(24-11-20-21-22-24)26-18(30)10-17(29)25(26)15-8-7-14(27(31)32)9-16(15)28(33)34/h3-9,11,19H,10H2,1-2H3. The summed E-state index contributed by atoms with van der Waals surface area (Å²) in [6.07, 6.45) is -0.397. The quantitative estimate of drug-likeness (QED) is 0.280. The summed E-state index contributed by atoms with van der Waals surface area (Å²) in [4.78, 5) is 48.9. The van der Waals surface area contributed by atoms with Crippen LogP contribution in [0.1, 0.15) is 18.2 Å². The maximum absolute atomic E-state index is 13.0. The van der Waals surface area contributed by atoms with Crippen molar-refractivity contribution < 1.29 is 19.4 Å². The summed E-state index contributed by atoms with van der Waals surface area (Å²) in [6, 6.07) is 9.81. The largest absolute Gasteiger partial charge is 0.378 e. The van der Waals surface area contributed by atoms with Crippen LogP contribution < -0.4 is 9.91 Å². The molecule has 15 nitrogen and oxygen atoms in total. The minimum atomic E-state index is -1.07. The van der Waals surface area contributed by atoms with Gasteiger partial charge in [-0.25, -0.2) is 14.7 Å². The van der Waals surface area contributed by atoms with E-state index in [2.05, 4.69) is 15.5 Å². The van der Waals surface area contributed by atoms with Crippen molar-refractivity contribution in [1.82, 2.24) is 25.2 Å². The molecule has 3 aromatic rings. The predicted molar refractivity (Wildman–Crippen MR) is 115 cm³/mol. The first-order valence-electron chi connectivity index (χ1n) is 9.76. The van der Waals surface area contributed by atoms with E-state index in [0.29, 0.717) is 5.56 Å². The van der Waals surface area contributed by atoms with Gasteiger partial charge in [0.2, 0.25) is 0 Å². The monoisotopic (exact) mass is 467 g/mol. The van der Waals surface area contributed by atoms with Crippen LogP contribution in [0.25, 0.3) is 0 Å². The van der Waals surface area contributed by atoms with Gasteiger partial charge in [0, 0.05) is 25.8 Å². The third-order valence-electron chi connectivity index (χ3n) is 5.16. The molecule has 0 bridgehead atoms. The van der Waals surface area contributed by atoms with Gasteiger partial charge in [0.1, 0.15) is 18.4 Å². The van der Waals surface area contributed by atoms with Gasteiger partial charge in [0.15, 0.2) is 6.17 Å². The van der Waals surface area contributed by atoms with Gasteiger partial charge in [0.05, 0.1) is 15.9 Å². The van der Waals surface area contributed by atoms with Gasteiger partial charge in [-0.3, -0.25) is 29.8 Å². The Morgan fingerprint density at radius 3 is 2.26 bits per heavy atom. The topological polar surface area (TPSA) is 174 Å². The van der Waals surface area contributed by atoms with E-state index in [1.54, 1.807) is 24.3 Å². The molecule has 1 atom stereocenters. The minimum Gasteiger partial charge on any atom is -0.378 e. The first-order valence-corrected chi connectivity index (χ1v) is 9.76. The van der Waals surface area contributed by atoms with Crippen molar-refractivity contribution in [2.75, 3.05) is 24.0 Å². The Morgan fingerprint density at radius 2 is 1.71 bits per heavy atom. The molecule has 1 fully saturated rings. The fraction of sp³-hybridized carbons (Fsp3) is 0.211. The van der Waals surface area contributed by atoms with Gasteiger partial charge in [0.25, 0.3) is 17.5 Å². The van der Waals surface area contributed by atoms with Crippen LogP contribution in [0.15, 0.2) is 48.8 Å². The highest BCUT2D eigenvalue weighted by molar-refractivity contribution is 6.12. The molecule has 1 unspecified atom stereocenters. The van der Waals surface area contributed by atoms with Crippen LogP contribution in [-0.2, 0) is 9.59 Å². The maximum Gasteiger partial charge on any atom is 0.301 e. The van der Waals surface area contributed by atoms with Crippen molar-refractivity contribution >= 4 is 34.6 Å². The number of hydrazine groups is 1. The number of nitro groups is 2. The van der Waals surface area contributed by atoms with Gasteiger partial charge in [-0.1, -0.05) is 12.1 Å². The first kappa shape index (κ1) is 22.3. The normalized spacial score (nSPS) is 14.4. The molecular weight excluding hydrogens is 450 g/mol. The highest BCUT2D eigenvalue weighted by atomic mass is 16.6. The van der Waals surface area contributed by atoms with Crippen molar-refractivity contribution in [1.29, 1.82) is 0 Å². The molecule has 0 N–H and O–H groups in total. The molecule has 0 radical (unpaired) electrons. The van der Waals surface area contributed by atoms with Crippen molar-refractivity contribution in [3.63, 3.8) is 0 Å². The predicted octanol–water partition coefficient (Wildman–Crippen LogP) is 1.28. The average Bonchev–Trinajstić information content (AvgIpc) is 3.42. The Labute approximate surface area is 191 Å². The third-order valence-corrected chi connectivity index (χ3v) is 5.16. The Bertz CT molecular complexity index is 1280. The number of rotatable bonds is 7. The number of nitrogens with zero attached hydrogens (tertiary/aromatic N) is 9. The van der Waals surface area contributed by atoms with Crippen molar-refractivity contribution in [2.24, 2.45) is 0 Å². The number of carbonyl (C=O) groups is 2. The lowest BCUT2D eigenvalue weighted by Gasteiger charge is -2.34. The number of hydrogen-bond acceptors (Lipinski definition) is 10. The smallest absolute Gasteiger partial charge is 0.301 e. The molecule has 1 saturated heterocycles. The van der Waals surface area contributed by atoms with Crippen LogP contribution in [-0.4, -0.2) is 61.0 Å². The molecule has 1 aromatic heterocycles. The van der Waals surface area contributed by atoms with E-state index in [0.717, 1.165) is 33.9 Å². The second kappa shape index (κ2) is 8.53. The zero-order valence-electron chi connectivity index (χ0n) is 17.9. The van der Waals surface area contributed by atoms with Crippen LogP contribution in [0.4, 0.5) is 22.7 Å². The molecule has 0 spiro atoms. The Hall–Kier alpha value is -4.95. The summed E-state index contributed by atoms with van der Waals surface area (Å²) in [6.45, 7) is 0. The SMILES string of the molecule is CN(C)c1ccc(C(N2C(=O)CC(=O)N2c2ccc([N+](=O)[O-])cc2[N+](=O)[O-])n2cnnn2)cc1. The molecule has 2 heterocycles. The van der Waals surface area contributed by atoms with Gasteiger partial charge in [-0.05, 0) is 34.2 Å². The fourth-order valence-corrected chi connectivity index (χ4v) is 3.59. The Morgan fingerprint density at radius 1 is 1.00 bits per heavy atom. The molecule has 0 aliphatic carbocycles. The number of hydrogen-bond donors (Lipinski definition) is 0. The molecule has 1 aliphatic rings. The highest BCUT2D eigenvalue weighted by Gasteiger charge is 2.45. The molecule has 0 saturated carbocycles. The second-order valence-corrected chi connectivity index (χ2v) is 7.46. The molecular formula is C19H17N9O6. The lowest BCUT2D eigenvalue weighted by Crippen LogP contribution is -2.46. The Balaban J connectivity index is 1.87. The van der Waals surface area contributed by atoms with E-state index in [4.69, 9.17) is 0 Å². The number of amides is 2.